The van der Waals surface area contributed by atoms with Crippen LogP contribution in [0.15, 0.2) is 84.9 Å². The maximum Gasteiger partial charge on any atom is 0.276 e. The molecule has 0 heterocycles. The average molecular weight is 476 g/mol. The topological polar surface area (TPSA) is 88.7 Å². The first-order valence-electron chi connectivity index (χ1n) is 10.6. The average Bonchev–Trinajstić information content (AvgIpc) is 2.87. The molecule has 3 N–H and O–H groups in total. The van der Waals surface area contributed by atoms with Gasteiger partial charge in [0, 0.05) is 11.6 Å². The van der Waals surface area contributed by atoms with Crippen molar-refractivity contribution in [2.45, 2.75) is 6.92 Å². The van der Waals surface area contributed by atoms with Crippen molar-refractivity contribution in [2.75, 3.05) is 13.2 Å². The maximum atomic E-state index is 12.1. The summed E-state index contributed by atoms with van der Waals surface area (Å²) in [5, 5.41) is 2.41. The highest BCUT2D eigenvalue weighted by molar-refractivity contribution is 7.80. The standard InChI is InChI=1S/C26H25N3O4S/c1-2-32-21-15-12-19(13-16-21)14-17-24(30)27-26(34)29-28-25(31)18-33-23-11-7-6-10-22(23)20-8-4-3-5-9-20/h3-17H,2,18H2,1H3,(H,28,31)(H2,27,29,30,34)/b17-14+. The number of hydrogen-bond acceptors (Lipinski definition) is 5. The van der Waals surface area contributed by atoms with Crippen LogP contribution in [0.4, 0.5) is 0 Å². The molecule has 174 valence electrons. The summed E-state index contributed by atoms with van der Waals surface area (Å²) in [6.07, 6.45) is 2.99. The first kappa shape index (κ1) is 24.5. The van der Waals surface area contributed by atoms with Gasteiger partial charge in [0.15, 0.2) is 11.7 Å². The Morgan fingerprint density at radius 1 is 0.882 bits per heavy atom. The molecule has 3 aromatic rings. The summed E-state index contributed by atoms with van der Waals surface area (Å²) in [5.74, 6) is 0.454. The molecule has 0 saturated heterocycles. The fraction of sp³-hybridized carbons (Fsp3) is 0.115. The van der Waals surface area contributed by atoms with Gasteiger partial charge < -0.3 is 9.47 Å². The van der Waals surface area contributed by atoms with Crippen molar-refractivity contribution in [1.82, 2.24) is 16.2 Å². The third kappa shape index (κ3) is 7.75. The quantitative estimate of drug-likeness (QED) is 0.260. The van der Waals surface area contributed by atoms with Crippen molar-refractivity contribution < 1.29 is 19.1 Å². The number of carbonyl (C=O) groups excluding carboxylic acids is 2. The number of benzene rings is 3. The van der Waals surface area contributed by atoms with Gasteiger partial charge in [0.2, 0.25) is 5.91 Å². The highest BCUT2D eigenvalue weighted by atomic mass is 32.1. The predicted molar refractivity (Wildman–Crippen MR) is 136 cm³/mol. The molecule has 0 aromatic heterocycles. The number of amides is 2. The summed E-state index contributed by atoms with van der Waals surface area (Å²) in [6.45, 7) is 2.27. The minimum Gasteiger partial charge on any atom is -0.494 e. The normalized spacial score (nSPS) is 10.4. The number of para-hydroxylation sites is 1. The first-order chi connectivity index (χ1) is 16.5. The first-order valence-corrected chi connectivity index (χ1v) is 11.0. The van der Waals surface area contributed by atoms with E-state index in [-0.39, 0.29) is 11.7 Å². The van der Waals surface area contributed by atoms with Crippen molar-refractivity contribution in [3.8, 4) is 22.6 Å². The van der Waals surface area contributed by atoms with Gasteiger partial charge in [-0.3, -0.25) is 25.8 Å². The Labute approximate surface area is 203 Å². The van der Waals surface area contributed by atoms with Crippen LogP contribution in [0.3, 0.4) is 0 Å². The molecule has 3 aromatic carbocycles. The summed E-state index contributed by atoms with van der Waals surface area (Å²) in [7, 11) is 0. The molecule has 0 unspecified atom stereocenters. The summed E-state index contributed by atoms with van der Waals surface area (Å²) < 4.78 is 11.1. The Kier molecular flexibility index (Phi) is 9.19. The van der Waals surface area contributed by atoms with Gasteiger partial charge in [0.1, 0.15) is 11.5 Å². The summed E-state index contributed by atoms with van der Waals surface area (Å²) in [5.41, 5.74) is 7.58. The van der Waals surface area contributed by atoms with Gasteiger partial charge in [-0.05, 0) is 54.5 Å². The second-order valence-electron chi connectivity index (χ2n) is 6.98. The summed E-state index contributed by atoms with van der Waals surface area (Å²) >= 11 is 5.04. The molecule has 3 rings (SSSR count). The van der Waals surface area contributed by atoms with E-state index in [1.807, 2.05) is 79.7 Å². The van der Waals surface area contributed by atoms with E-state index in [1.165, 1.54) is 6.08 Å². The fourth-order valence-corrected chi connectivity index (χ4v) is 3.10. The molecule has 0 aliphatic heterocycles. The summed E-state index contributed by atoms with van der Waals surface area (Å²) in [4.78, 5) is 24.2. The van der Waals surface area contributed by atoms with Crippen LogP contribution in [0.1, 0.15) is 12.5 Å². The van der Waals surface area contributed by atoms with E-state index in [9.17, 15) is 9.59 Å². The molecular formula is C26H25N3O4S. The van der Waals surface area contributed by atoms with Gasteiger partial charge in [-0.25, -0.2) is 0 Å². The van der Waals surface area contributed by atoms with Gasteiger partial charge in [-0.1, -0.05) is 60.7 Å². The van der Waals surface area contributed by atoms with Gasteiger partial charge in [0.25, 0.3) is 5.91 Å². The molecule has 0 radical (unpaired) electrons. The SMILES string of the molecule is CCOc1ccc(/C=C/C(=O)NC(=S)NNC(=O)COc2ccccc2-c2ccccc2)cc1. The highest BCUT2D eigenvalue weighted by Gasteiger charge is 2.09. The second-order valence-corrected chi connectivity index (χ2v) is 7.39. The van der Waals surface area contributed by atoms with E-state index in [2.05, 4.69) is 16.2 Å². The lowest BCUT2D eigenvalue weighted by atomic mass is 10.1. The number of thiocarbonyl (C=S) groups is 1. The lowest BCUT2D eigenvalue weighted by molar-refractivity contribution is -0.123. The van der Waals surface area contributed by atoms with E-state index in [4.69, 9.17) is 21.7 Å². The van der Waals surface area contributed by atoms with Gasteiger partial charge >= 0.3 is 0 Å². The molecule has 7 nitrogen and oxygen atoms in total. The second kappa shape index (κ2) is 12.8. The van der Waals surface area contributed by atoms with E-state index >= 15 is 0 Å². The minimum absolute atomic E-state index is 0.0422. The molecule has 34 heavy (non-hydrogen) atoms. The molecule has 2 amide bonds. The largest absolute Gasteiger partial charge is 0.494 e. The zero-order valence-corrected chi connectivity index (χ0v) is 19.4. The molecular weight excluding hydrogens is 450 g/mol. The van der Waals surface area contributed by atoms with Crippen molar-refractivity contribution in [3.05, 3.63) is 90.5 Å². The molecule has 0 spiro atoms. The minimum atomic E-state index is -0.454. The van der Waals surface area contributed by atoms with E-state index in [0.717, 1.165) is 22.4 Å². The number of nitrogens with one attached hydrogen (secondary N) is 3. The number of ether oxygens (including phenoxy) is 2. The zero-order valence-electron chi connectivity index (χ0n) is 18.6. The van der Waals surface area contributed by atoms with Crippen LogP contribution >= 0.6 is 12.2 Å². The molecule has 0 aliphatic rings. The highest BCUT2D eigenvalue weighted by Crippen LogP contribution is 2.29. The van der Waals surface area contributed by atoms with Crippen molar-refractivity contribution in [3.63, 3.8) is 0 Å². The Morgan fingerprint density at radius 3 is 2.32 bits per heavy atom. The molecule has 0 atom stereocenters. The number of hydrogen-bond donors (Lipinski definition) is 3. The van der Waals surface area contributed by atoms with Crippen LogP contribution in [0.5, 0.6) is 11.5 Å². The Hall–Kier alpha value is -4.17. The van der Waals surface area contributed by atoms with E-state index < -0.39 is 11.8 Å². The van der Waals surface area contributed by atoms with Crippen LogP contribution in [-0.4, -0.2) is 30.1 Å². The zero-order chi connectivity index (χ0) is 24.2. The Morgan fingerprint density at radius 2 is 1.59 bits per heavy atom. The predicted octanol–water partition coefficient (Wildman–Crippen LogP) is 3.87. The molecule has 0 bridgehead atoms. The van der Waals surface area contributed by atoms with Crippen LogP contribution < -0.4 is 25.6 Å². The van der Waals surface area contributed by atoms with Crippen LogP contribution in [0, 0.1) is 0 Å². The third-order valence-electron chi connectivity index (χ3n) is 4.50. The van der Waals surface area contributed by atoms with Crippen LogP contribution in [-0.2, 0) is 9.59 Å². The van der Waals surface area contributed by atoms with Gasteiger partial charge in [-0.2, -0.15) is 0 Å². The lowest BCUT2D eigenvalue weighted by Gasteiger charge is -2.13. The monoisotopic (exact) mass is 475 g/mol. The third-order valence-corrected chi connectivity index (χ3v) is 4.71. The smallest absolute Gasteiger partial charge is 0.276 e. The van der Waals surface area contributed by atoms with Crippen molar-refractivity contribution >= 4 is 35.2 Å². The number of hydrazine groups is 1. The Bertz CT molecular complexity index is 1150. The number of carbonyl (C=O) groups is 2. The van der Waals surface area contributed by atoms with Crippen molar-refractivity contribution in [2.24, 2.45) is 0 Å². The fourth-order valence-electron chi connectivity index (χ4n) is 2.95. The van der Waals surface area contributed by atoms with E-state index in [1.54, 1.807) is 12.1 Å². The van der Waals surface area contributed by atoms with Crippen LogP contribution in [0.2, 0.25) is 0 Å². The molecule has 8 heteroatoms. The molecule has 0 fully saturated rings. The van der Waals surface area contributed by atoms with Gasteiger partial charge in [-0.15, -0.1) is 0 Å². The lowest BCUT2D eigenvalue weighted by Crippen LogP contribution is -2.49. The molecule has 0 saturated carbocycles. The Balaban J connectivity index is 1.42. The van der Waals surface area contributed by atoms with Crippen LogP contribution in [0.25, 0.3) is 17.2 Å². The summed E-state index contributed by atoms with van der Waals surface area (Å²) in [6, 6.07) is 24.5. The number of rotatable bonds is 8. The maximum absolute atomic E-state index is 12.1. The van der Waals surface area contributed by atoms with E-state index in [0.29, 0.717) is 12.4 Å². The molecule has 0 aliphatic carbocycles. The van der Waals surface area contributed by atoms with Gasteiger partial charge in [0.05, 0.1) is 6.61 Å². The van der Waals surface area contributed by atoms with Crippen molar-refractivity contribution in [1.29, 1.82) is 0 Å².